The van der Waals surface area contributed by atoms with Crippen LogP contribution >= 0.6 is 0 Å². The van der Waals surface area contributed by atoms with Crippen LogP contribution in [0.3, 0.4) is 0 Å². The average molecular weight is 295 g/mol. The van der Waals surface area contributed by atoms with E-state index in [0.29, 0.717) is 12.5 Å². The summed E-state index contributed by atoms with van der Waals surface area (Å²) in [5.74, 6) is 0.632. The minimum atomic E-state index is -0.624. The lowest BCUT2D eigenvalue weighted by atomic mass is 9.49. The monoisotopic (exact) mass is 295 g/mol. The van der Waals surface area contributed by atoms with Gasteiger partial charge in [-0.3, -0.25) is 4.79 Å². The molecule has 0 saturated carbocycles. The van der Waals surface area contributed by atoms with Crippen molar-refractivity contribution in [2.75, 3.05) is 14.1 Å². The van der Waals surface area contributed by atoms with Crippen LogP contribution in [0.1, 0.15) is 11.7 Å². The van der Waals surface area contributed by atoms with E-state index in [4.69, 9.17) is 4.74 Å². The average Bonchev–Trinajstić information content (AvgIpc) is 2.53. The second-order valence-electron chi connectivity index (χ2n) is 5.86. The SMILES string of the molecule is CB(C)c1ccc(OC(C(=O)N(C)C)c2ccccc2)cc1. The summed E-state index contributed by atoms with van der Waals surface area (Å²) in [6, 6.07) is 17.5. The molecule has 0 aliphatic carbocycles. The fourth-order valence-corrected chi connectivity index (χ4v) is 2.19. The van der Waals surface area contributed by atoms with E-state index >= 15 is 0 Å². The molecule has 0 heterocycles. The lowest BCUT2D eigenvalue weighted by Crippen LogP contribution is -2.31. The van der Waals surface area contributed by atoms with Crippen molar-refractivity contribution < 1.29 is 9.53 Å². The summed E-state index contributed by atoms with van der Waals surface area (Å²) >= 11 is 0. The molecule has 2 rings (SSSR count). The van der Waals surface area contributed by atoms with E-state index in [0.717, 1.165) is 5.56 Å². The minimum absolute atomic E-state index is 0.0702. The summed E-state index contributed by atoms with van der Waals surface area (Å²) < 4.78 is 5.97. The second-order valence-corrected chi connectivity index (χ2v) is 5.86. The van der Waals surface area contributed by atoms with Crippen LogP contribution in [0.15, 0.2) is 54.6 Å². The summed E-state index contributed by atoms with van der Waals surface area (Å²) in [5.41, 5.74) is 2.11. The van der Waals surface area contributed by atoms with E-state index in [9.17, 15) is 4.79 Å². The fourth-order valence-electron chi connectivity index (χ4n) is 2.19. The van der Waals surface area contributed by atoms with Gasteiger partial charge >= 0.3 is 0 Å². The van der Waals surface area contributed by atoms with E-state index in [1.54, 1.807) is 19.0 Å². The molecule has 0 radical (unpaired) electrons. The zero-order valence-electron chi connectivity index (χ0n) is 13.6. The molecular formula is C18H22BNO2. The molecule has 0 bridgehead atoms. The highest BCUT2D eigenvalue weighted by Gasteiger charge is 2.24. The lowest BCUT2D eigenvalue weighted by Gasteiger charge is -2.22. The van der Waals surface area contributed by atoms with Gasteiger partial charge in [-0.25, -0.2) is 0 Å². The van der Waals surface area contributed by atoms with Crippen LogP contribution < -0.4 is 10.2 Å². The first-order valence-corrected chi connectivity index (χ1v) is 7.51. The zero-order chi connectivity index (χ0) is 16.1. The van der Waals surface area contributed by atoms with Crippen molar-refractivity contribution in [3.63, 3.8) is 0 Å². The van der Waals surface area contributed by atoms with Crippen LogP contribution in [0.4, 0.5) is 0 Å². The first kappa shape index (κ1) is 16.2. The van der Waals surface area contributed by atoms with Crippen molar-refractivity contribution in [3.05, 3.63) is 60.2 Å². The molecule has 2 aromatic rings. The van der Waals surface area contributed by atoms with Gasteiger partial charge in [0.2, 0.25) is 6.10 Å². The molecule has 1 unspecified atom stereocenters. The number of hydrogen-bond donors (Lipinski definition) is 0. The van der Waals surface area contributed by atoms with Crippen LogP contribution in [-0.2, 0) is 4.79 Å². The Morgan fingerprint density at radius 2 is 1.59 bits per heavy atom. The molecule has 22 heavy (non-hydrogen) atoms. The molecule has 2 aromatic carbocycles. The highest BCUT2D eigenvalue weighted by atomic mass is 16.5. The molecule has 3 nitrogen and oxygen atoms in total. The quantitative estimate of drug-likeness (QED) is 0.794. The Labute approximate surface area is 133 Å². The van der Waals surface area contributed by atoms with Gasteiger partial charge in [0.15, 0.2) is 6.71 Å². The molecule has 0 aromatic heterocycles. The number of nitrogens with zero attached hydrogens (tertiary/aromatic N) is 1. The summed E-state index contributed by atoms with van der Waals surface area (Å²) in [5, 5.41) is 0. The number of rotatable bonds is 5. The maximum Gasteiger partial charge on any atom is 0.267 e. The molecule has 0 aliphatic heterocycles. The van der Waals surface area contributed by atoms with Crippen molar-refractivity contribution in [1.82, 2.24) is 4.90 Å². The molecular weight excluding hydrogens is 273 g/mol. The maximum absolute atomic E-state index is 12.4. The van der Waals surface area contributed by atoms with Gasteiger partial charge in [-0.05, 0) is 12.1 Å². The van der Waals surface area contributed by atoms with Crippen molar-refractivity contribution in [2.24, 2.45) is 0 Å². The fraction of sp³-hybridized carbons (Fsp3) is 0.278. The van der Waals surface area contributed by atoms with E-state index in [-0.39, 0.29) is 5.91 Å². The first-order valence-electron chi connectivity index (χ1n) is 7.51. The number of carbonyl (C=O) groups is 1. The van der Waals surface area contributed by atoms with E-state index in [2.05, 4.69) is 13.6 Å². The number of ether oxygens (including phenoxy) is 1. The van der Waals surface area contributed by atoms with E-state index in [1.807, 2.05) is 54.6 Å². The number of likely N-dealkylation sites (N-methyl/N-ethyl adjacent to an activating group) is 1. The van der Waals surface area contributed by atoms with Gasteiger partial charge in [0.1, 0.15) is 5.75 Å². The number of carbonyl (C=O) groups excluding carboxylic acids is 1. The number of amides is 1. The molecule has 0 fully saturated rings. The third-order valence-corrected chi connectivity index (χ3v) is 3.57. The molecule has 0 spiro atoms. The Kier molecular flexibility index (Phi) is 5.26. The Bertz CT molecular complexity index is 609. The third-order valence-electron chi connectivity index (χ3n) is 3.57. The smallest absolute Gasteiger partial charge is 0.267 e. The predicted octanol–water partition coefficient (Wildman–Crippen LogP) is 2.86. The molecule has 114 valence electrons. The third kappa shape index (κ3) is 3.91. The Hall–Kier alpha value is -2.23. The molecule has 1 atom stereocenters. The van der Waals surface area contributed by atoms with Gasteiger partial charge in [0.05, 0.1) is 0 Å². The van der Waals surface area contributed by atoms with Crippen LogP contribution in [-0.4, -0.2) is 31.6 Å². The van der Waals surface area contributed by atoms with Crippen LogP contribution in [0.5, 0.6) is 5.75 Å². The largest absolute Gasteiger partial charge is 0.476 e. The standard InChI is InChI=1S/C18H22BNO2/c1-19(2)15-10-12-16(13-11-15)22-17(18(21)20(3)4)14-8-6-5-7-9-14/h5-13,17H,1-4H3. The van der Waals surface area contributed by atoms with Crippen molar-refractivity contribution in [3.8, 4) is 5.75 Å². The Morgan fingerprint density at radius 1 is 1.00 bits per heavy atom. The van der Waals surface area contributed by atoms with Gasteiger partial charge in [0.25, 0.3) is 5.91 Å². The van der Waals surface area contributed by atoms with Gasteiger partial charge in [0, 0.05) is 19.7 Å². The van der Waals surface area contributed by atoms with Gasteiger partial charge in [-0.2, -0.15) is 0 Å². The number of benzene rings is 2. The van der Waals surface area contributed by atoms with Crippen LogP contribution in [0, 0.1) is 0 Å². The topological polar surface area (TPSA) is 29.5 Å². The number of hydrogen-bond acceptors (Lipinski definition) is 2. The zero-order valence-corrected chi connectivity index (χ0v) is 13.6. The van der Waals surface area contributed by atoms with Crippen LogP contribution in [0.25, 0.3) is 0 Å². The summed E-state index contributed by atoms with van der Waals surface area (Å²) in [4.78, 5) is 14.0. The summed E-state index contributed by atoms with van der Waals surface area (Å²) in [7, 11) is 3.48. The van der Waals surface area contributed by atoms with Gasteiger partial charge in [-0.15, -0.1) is 0 Å². The molecule has 0 N–H and O–H groups in total. The van der Waals surface area contributed by atoms with Gasteiger partial charge in [-0.1, -0.05) is 61.6 Å². The molecule has 4 heteroatoms. The van der Waals surface area contributed by atoms with Crippen molar-refractivity contribution in [1.29, 1.82) is 0 Å². The van der Waals surface area contributed by atoms with E-state index < -0.39 is 6.10 Å². The van der Waals surface area contributed by atoms with Crippen LogP contribution in [0.2, 0.25) is 13.6 Å². The summed E-state index contributed by atoms with van der Waals surface area (Å²) in [6.45, 7) is 4.78. The normalized spacial score (nSPS) is 11.6. The van der Waals surface area contributed by atoms with E-state index in [1.165, 1.54) is 5.46 Å². The van der Waals surface area contributed by atoms with Crippen molar-refractivity contribution >= 4 is 18.1 Å². The van der Waals surface area contributed by atoms with Gasteiger partial charge < -0.3 is 9.64 Å². The minimum Gasteiger partial charge on any atom is -0.476 e. The van der Waals surface area contributed by atoms with Crippen molar-refractivity contribution in [2.45, 2.75) is 19.8 Å². The maximum atomic E-state index is 12.4. The predicted molar refractivity (Wildman–Crippen MR) is 92.1 cm³/mol. The lowest BCUT2D eigenvalue weighted by molar-refractivity contribution is -0.136. The first-order chi connectivity index (χ1) is 10.5. The molecule has 0 aliphatic rings. The highest BCUT2D eigenvalue weighted by molar-refractivity contribution is 6.70. The Balaban J connectivity index is 2.25. The Morgan fingerprint density at radius 3 is 2.09 bits per heavy atom. The molecule has 1 amide bonds. The highest BCUT2D eigenvalue weighted by Crippen LogP contribution is 2.23. The molecule has 0 saturated heterocycles. The summed E-state index contributed by atoms with van der Waals surface area (Å²) in [6.07, 6.45) is -0.624. The second kappa shape index (κ2) is 7.16.